The van der Waals surface area contributed by atoms with Crippen molar-refractivity contribution >= 4 is 27.6 Å². The van der Waals surface area contributed by atoms with Crippen LogP contribution in [0, 0.1) is 0 Å². The first-order valence-electron chi connectivity index (χ1n) is 11.4. The number of halogens is 3. The smallest absolute Gasteiger partial charge is 0.350 e. The Balaban J connectivity index is 1.59. The first-order chi connectivity index (χ1) is 17.2. The van der Waals surface area contributed by atoms with Crippen molar-refractivity contribution in [1.29, 1.82) is 0 Å². The molecule has 5 N–H and O–H groups in total. The number of hydrogen-bond donors (Lipinski definition) is 4. The summed E-state index contributed by atoms with van der Waals surface area (Å²) in [6.45, 7) is -0.492. The number of amides is 3. The minimum Gasteiger partial charge on any atom is -0.350 e. The fourth-order valence-corrected chi connectivity index (χ4v) is 4.63. The summed E-state index contributed by atoms with van der Waals surface area (Å²) in [6.07, 6.45) is -2.14. The second-order valence-electron chi connectivity index (χ2n) is 8.88. The summed E-state index contributed by atoms with van der Waals surface area (Å²) in [6, 6.07) is 8.00. The number of benzene rings is 2. The average molecular weight is 541 g/mol. The van der Waals surface area contributed by atoms with Crippen LogP contribution in [-0.4, -0.2) is 57.1 Å². The molecule has 0 heterocycles. The Kier molecular flexibility index (Phi) is 8.59. The maximum atomic E-state index is 12.9. The van der Waals surface area contributed by atoms with Gasteiger partial charge in [0.1, 0.15) is 0 Å². The van der Waals surface area contributed by atoms with Crippen molar-refractivity contribution in [3.63, 3.8) is 0 Å². The molecule has 13 heteroatoms. The first kappa shape index (κ1) is 28.1. The van der Waals surface area contributed by atoms with Crippen LogP contribution in [0.15, 0.2) is 53.4 Å². The zero-order chi connectivity index (χ0) is 27.4. The molecule has 200 valence electrons. The highest BCUT2D eigenvalue weighted by Gasteiger charge is 2.32. The van der Waals surface area contributed by atoms with Crippen LogP contribution in [0.3, 0.4) is 0 Å². The molecule has 1 aliphatic rings. The van der Waals surface area contributed by atoms with Crippen LogP contribution >= 0.6 is 0 Å². The lowest BCUT2D eigenvalue weighted by molar-refractivity contribution is -0.137. The van der Waals surface area contributed by atoms with E-state index in [1.165, 1.54) is 30.3 Å². The van der Waals surface area contributed by atoms with E-state index in [2.05, 4.69) is 16.0 Å². The Morgan fingerprint density at radius 2 is 1.62 bits per heavy atom. The topological polar surface area (TPSA) is 147 Å². The van der Waals surface area contributed by atoms with Crippen molar-refractivity contribution in [3.05, 3.63) is 65.2 Å². The van der Waals surface area contributed by atoms with Crippen LogP contribution < -0.4 is 21.7 Å². The predicted octanol–water partition coefficient (Wildman–Crippen LogP) is 1.63. The molecule has 3 unspecified atom stereocenters. The van der Waals surface area contributed by atoms with E-state index in [1.807, 2.05) is 0 Å². The molecule has 2 aromatic carbocycles. The van der Waals surface area contributed by atoms with Gasteiger partial charge in [-0.05, 0) is 61.7 Å². The lowest BCUT2D eigenvalue weighted by Gasteiger charge is -2.35. The molecule has 3 atom stereocenters. The number of hydrogen-bond acceptors (Lipinski definition) is 6. The molecule has 0 saturated heterocycles. The van der Waals surface area contributed by atoms with Crippen LogP contribution in [0.1, 0.15) is 45.5 Å². The van der Waals surface area contributed by atoms with E-state index in [4.69, 9.17) is 5.73 Å². The van der Waals surface area contributed by atoms with Gasteiger partial charge < -0.3 is 21.7 Å². The van der Waals surface area contributed by atoms with E-state index in [9.17, 15) is 36.0 Å². The summed E-state index contributed by atoms with van der Waals surface area (Å²) in [4.78, 5) is 37.5. The first-order valence-corrected chi connectivity index (χ1v) is 13.2. The maximum absolute atomic E-state index is 12.9. The SMILES string of the molecule is CS(=O)(=O)c1ccc(C(=O)NC2CCC(N)CC2NC(=O)CNC(=O)c2cccc(C(F)(F)F)c2)cc1. The van der Waals surface area contributed by atoms with Crippen LogP contribution in [0.25, 0.3) is 0 Å². The van der Waals surface area contributed by atoms with Crippen molar-refractivity contribution in [1.82, 2.24) is 16.0 Å². The van der Waals surface area contributed by atoms with Gasteiger partial charge in [0, 0.05) is 29.5 Å². The minimum atomic E-state index is -4.61. The van der Waals surface area contributed by atoms with Gasteiger partial charge in [0.2, 0.25) is 5.91 Å². The van der Waals surface area contributed by atoms with Gasteiger partial charge in [-0.25, -0.2) is 8.42 Å². The second kappa shape index (κ2) is 11.3. The van der Waals surface area contributed by atoms with E-state index in [0.29, 0.717) is 25.3 Å². The molecule has 0 radical (unpaired) electrons. The summed E-state index contributed by atoms with van der Waals surface area (Å²) in [5.41, 5.74) is 5.04. The standard InChI is InChI=1S/C24H27F3N4O5S/c1-37(35,36)18-8-5-14(6-9-18)23(34)31-19-10-7-17(28)12-20(19)30-21(32)13-29-22(33)15-3-2-4-16(11-15)24(25,26)27/h2-6,8-9,11,17,19-20H,7,10,12-13,28H2,1H3,(H,29,33)(H,30,32)(H,31,34). The number of carbonyl (C=O) groups is 3. The number of sulfone groups is 1. The lowest BCUT2D eigenvalue weighted by atomic mass is 9.87. The van der Waals surface area contributed by atoms with E-state index in [0.717, 1.165) is 18.4 Å². The third-order valence-corrected chi connectivity index (χ3v) is 7.09. The second-order valence-corrected chi connectivity index (χ2v) is 10.9. The average Bonchev–Trinajstić information content (AvgIpc) is 2.83. The normalized spacial score (nSPS) is 20.1. The highest BCUT2D eigenvalue weighted by molar-refractivity contribution is 7.90. The predicted molar refractivity (Wildman–Crippen MR) is 128 cm³/mol. The number of alkyl halides is 3. The number of nitrogens with two attached hydrogens (primary N) is 1. The van der Waals surface area contributed by atoms with Gasteiger partial charge in [0.15, 0.2) is 9.84 Å². The molecule has 37 heavy (non-hydrogen) atoms. The third kappa shape index (κ3) is 7.76. The Labute approximate surface area is 211 Å². The Morgan fingerprint density at radius 1 is 0.946 bits per heavy atom. The molecule has 3 rings (SSSR count). The zero-order valence-electron chi connectivity index (χ0n) is 19.8. The maximum Gasteiger partial charge on any atom is 0.416 e. The van der Waals surface area contributed by atoms with Crippen LogP contribution in [0.4, 0.5) is 13.2 Å². The molecule has 0 spiro atoms. The van der Waals surface area contributed by atoms with Crippen molar-refractivity contribution in [2.75, 3.05) is 12.8 Å². The summed E-state index contributed by atoms with van der Waals surface area (Å²) in [5, 5.41) is 7.84. The number of rotatable bonds is 7. The molecule has 1 saturated carbocycles. The largest absolute Gasteiger partial charge is 0.416 e. The Morgan fingerprint density at radius 3 is 2.24 bits per heavy atom. The molecule has 0 bridgehead atoms. The monoisotopic (exact) mass is 540 g/mol. The molecule has 2 aromatic rings. The van der Waals surface area contributed by atoms with Crippen LogP contribution in [0.5, 0.6) is 0 Å². The quantitative estimate of drug-likeness (QED) is 0.420. The molecule has 1 fully saturated rings. The van der Waals surface area contributed by atoms with Gasteiger partial charge in [-0.2, -0.15) is 13.2 Å². The van der Waals surface area contributed by atoms with Crippen molar-refractivity contribution in [2.45, 2.75) is 48.5 Å². The zero-order valence-corrected chi connectivity index (χ0v) is 20.7. The summed E-state index contributed by atoms with van der Waals surface area (Å²) < 4.78 is 61.9. The Hall–Kier alpha value is -3.45. The van der Waals surface area contributed by atoms with E-state index in [1.54, 1.807) is 0 Å². The van der Waals surface area contributed by atoms with Gasteiger partial charge in [0.25, 0.3) is 11.8 Å². The van der Waals surface area contributed by atoms with Gasteiger partial charge >= 0.3 is 6.18 Å². The molecule has 1 aliphatic carbocycles. The molecule has 0 aliphatic heterocycles. The molecule has 9 nitrogen and oxygen atoms in total. The molecule has 0 aromatic heterocycles. The van der Waals surface area contributed by atoms with E-state index in [-0.39, 0.29) is 22.1 Å². The summed E-state index contributed by atoms with van der Waals surface area (Å²) in [5.74, 6) is -1.90. The highest BCUT2D eigenvalue weighted by atomic mass is 32.2. The Bertz CT molecular complexity index is 1270. The third-order valence-electron chi connectivity index (χ3n) is 5.96. The van der Waals surface area contributed by atoms with Crippen molar-refractivity contribution in [2.24, 2.45) is 5.73 Å². The lowest BCUT2D eigenvalue weighted by Crippen LogP contribution is -2.57. The van der Waals surface area contributed by atoms with Crippen molar-refractivity contribution < 1.29 is 36.0 Å². The summed E-state index contributed by atoms with van der Waals surface area (Å²) in [7, 11) is -3.41. The van der Waals surface area contributed by atoms with E-state index < -0.39 is 57.9 Å². The highest BCUT2D eigenvalue weighted by Crippen LogP contribution is 2.29. The number of carbonyl (C=O) groups excluding carboxylic acids is 3. The minimum absolute atomic E-state index is 0.0741. The summed E-state index contributed by atoms with van der Waals surface area (Å²) >= 11 is 0. The van der Waals surface area contributed by atoms with E-state index >= 15 is 0 Å². The van der Waals surface area contributed by atoms with Gasteiger partial charge in [0.05, 0.1) is 23.0 Å². The van der Waals surface area contributed by atoms with Gasteiger partial charge in [-0.3, -0.25) is 14.4 Å². The molecular formula is C24H27F3N4O5S. The molecular weight excluding hydrogens is 513 g/mol. The number of nitrogens with one attached hydrogen (secondary N) is 3. The fraction of sp³-hybridized carbons (Fsp3) is 0.375. The van der Waals surface area contributed by atoms with Crippen molar-refractivity contribution in [3.8, 4) is 0 Å². The van der Waals surface area contributed by atoms with Gasteiger partial charge in [-0.1, -0.05) is 6.07 Å². The van der Waals surface area contributed by atoms with Crippen LogP contribution in [-0.2, 0) is 20.8 Å². The molecule has 3 amide bonds. The van der Waals surface area contributed by atoms with Crippen LogP contribution in [0.2, 0.25) is 0 Å². The van der Waals surface area contributed by atoms with Gasteiger partial charge in [-0.15, -0.1) is 0 Å². The fourth-order valence-electron chi connectivity index (χ4n) is 4.00.